The average Bonchev–Trinajstić information content (AvgIpc) is 2.96. The van der Waals surface area contributed by atoms with Crippen LogP contribution in [-0.2, 0) is 4.74 Å². The van der Waals surface area contributed by atoms with Crippen LogP contribution in [0.2, 0.25) is 0 Å². The van der Waals surface area contributed by atoms with Crippen LogP contribution >= 0.6 is 0 Å². The number of fused-ring (bicyclic) bond motifs is 1. The number of methoxy groups -OCH3 is 1. The molecule has 0 saturated heterocycles. The first kappa shape index (κ1) is 15.9. The Bertz CT molecular complexity index is 896. The van der Waals surface area contributed by atoms with E-state index in [2.05, 4.69) is 9.47 Å². The molecule has 7 heteroatoms. The molecule has 0 atom stereocenters. The van der Waals surface area contributed by atoms with Crippen molar-refractivity contribution >= 4 is 16.9 Å². The fourth-order valence-electron chi connectivity index (χ4n) is 2.28. The number of rotatable bonds is 3. The molecule has 3 rings (SSSR count). The van der Waals surface area contributed by atoms with Gasteiger partial charge in [-0.05, 0) is 36.4 Å². The van der Waals surface area contributed by atoms with Gasteiger partial charge in [-0.2, -0.15) is 0 Å². The lowest BCUT2D eigenvalue weighted by Gasteiger charge is -2.07. The number of esters is 1. The standard InChI is InChI=1S/C17H11F3O4/c1-22-16(21)11-4-2-3-10(7-11)15-9-12-8-13(24-17(18,19)20)5-6-14(12)23-15/h2-9H,1H3. The number of alkyl halides is 3. The second kappa shape index (κ2) is 5.92. The molecule has 0 fully saturated rings. The van der Waals surface area contributed by atoms with Crippen LogP contribution < -0.4 is 4.74 Å². The van der Waals surface area contributed by atoms with Crippen molar-refractivity contribution in [2.24, 2.45) is 0 Å². The highest BCUT2D eigenvalue weighted by Crippen LogP contribution is 2.32. The highest BCUT2D eigenvalue weighted by atomic mass is 19.4. The molecule has 0 saturated carbocycles. The summed E-state index contributed by atoms with van der Waals surface area (Å²) in [6.45, 7) is 0. The molecule has 124 valence electrons. The molecule has 0 bridgehead atoms. The third kappa shape index (κ3) is 3.34. The topological polar surface area (TPSA) is 48.7 Å². The zero-order valence-corrected chi connectivity index (χ0v) is 12.4. The largest absolute Gasteiger partial charge is 0.573 e. The third-order valence-corrected chi connectivity index (χ3v) is 3.29. The van der Waals surface area contributed by atoms with Gasteiger partial charge < -0.3 is 13.9 Å². The summed E-state index contributed by atoms with van der Waals surface area (Å²) < 4.78 is 51.0. The maximum absolute atomic E-state index is 12.3. The summed E-state index contributed by atoms with van der Waals surface area (Å²) >= 11 is 0. The quantitative estimate of drug-likeness (QED) is 0.646. The minimum atomic E-state index is -4.75. The van der Waals surface area contributed by atoms with Crippen molar-refractivity contribution in [3.8, 4) is 17.1 Å². The van der Waals surface area contributed by atoms with Crippen molar-refractivity contribution in [2.45, 2.75) is 6.36 Å². The molecule has 2 aromatic carbocycles. The Labute approximate surface area is 134 Å². The molecular formula is C17H11F3O4. The van der Waals surface area contributed by atoms with E-state index in [1.165, 1.54) is 25.3 Å². The average molecular weight is 336 g/mol. The van der Waals surface area contributed by atoms with Crippen LogP contribution in [0.25, 0.3) is 22.3 Å². The van der Waals surface area contributed by atoms with Crippen LogP contribution in [0, 0.1) is 0 Å². The van der Waals surface area contributed by atoms with Gasteiger partial charge in [-0.15, -0.1) is 13.2 Å². The van der Waals surface area contributed by atoms with E-state index < -0.39 is 12.3 Å². The molecule has 0 amide bonds. The summed E-state index contributed by atoms with van der Waals surface area (Å²) in [6.07, 6.45) is -4.75. The Hall–Kier alpha value is -2.96. The maximum atomic E-state index is 12.3. The van der Waals surface area contributed by atoms with E-state index in [1.54, 1.807) is 30.3 Å². The Morgan fingerprint density at radius 2 is 1.88 bits per heavy atom. The highest BCUT2D eigenvalue weighted by Gasteiger charge is 2.31. The number of ether oxygens (including phenoxy) is 2. The normalized spacial score (nSPS) is 11.5. The van der Waals surface area contributed by atoms with Crippen LogP contribution in [0.5, 0.6) is 5.75 Å². The van der Waals surface area contributed by atoms with Gasteiger partial charge in [0.1, 0.15) is 17.1 Å². The number of carbonyl (C=O) groups excluding carboxylic acids is 1. The van der Waals surface area contributed by atoms with Crippen molar-refractivity contribution in [1.82, 2.24) is 0 Å². The predicted octanol–water partition coefficient (Wildman–Crippen LogP) is 4.79. The van der Waals surface area contributed by atoms with E-state index in [1.807, 2.05) is 0 Å². The van der Waals surface area contributed by atoms with Gasteiger partial charge in [0, 0.05) is 10.9 Å². The van der Waals surface area contributed by atoms with Gasteiger partial charge in [-0.1, -0.05) is 12.1 Å². The number of benzene rings is 2. The summed E-state index contributed by atoms with van der Waals surface area (Å²) in [5.41, 5.74) is 1.35. The molecule has 0 aliphatic heterocycles. The van der Waals surface area contributed by atoms with E-state index in [0.717, 1.165) is 0 Å². The minimum absolute atomic E-state index is 0.328. The number of hydrogen-bond acceptors (Lipinski definition) is 4. The molecule has 0 spiro atoms. The van der Waals surface area contributed by atoms with Crippen molar-refractivity contribution < 1.29 is 31.9 Å². The van der Waals surface area contributed by atoms with Crippen LogP contribution in [0.4, 0.5) is 13.2 Å². The molecule has 0 unspecified atom stereocenters. The second-order valence-corrected chi connectivity index (χ2v) is 4.93. The highest BCUT2D eigenvalue weighted by molar-refractivity contribution is 5.91. The van der Waals surface area contributed by atoms with E-state index in [9.17, 15) is 18.0 Å². The van der Waals surface area contributed by atoms with Gasteiger partial charge in [0.05, 0.1) is 12.7 Å². The maximum Gasteiger partial charge on any atom is 0.573 e. The lowest BCUT2D eigenvalue weighted by molar-refractivity contribution is -0.274. The molecule has 1 heterocycles. The summed E-state index contributed by atoms with van der Waals surface area (Å²) in [6, 6.07) is 11.9. The van der Waals surface area contributed by atoms with E-state index >= 15 is 0 Å². The van der Waals surface area contributed by atoms with E-state index in [0.29, 0.717) is 27.9 Å². The van der Waals surface area contributed by atoms with Crippen molar-refractivity contribution in [3.63, 3.8) is 0 Å². The van der Waals surface area contributed by atoms with Crippen LogP contribution in [0.1, 0.15) is 10.4 Å². The zero-order valence-electron chi connectivity index (χ0n) is 12.4. The molecule has 4 nitrogen and oxygen atoms in total. The molecule has 0 aliphatic rings. The van der Waals surface area contributed by atoms with Crippen molar-refractivity contribution in [3.05, 3.63) is 54.1 Å². The summed E-state index contributed by atoms with van der Waals surface area (Å²) in [7, 11) is 1.28. The monoisotopic (exact) mass is 336 g/mol. The van der Waals surface area contributed by atoms with E-state index in [4.69, 9.17) is 4.42 Å². The minimum Gasteiger partial charge on any atom is -0.465 e. The Morgan fingerprint density at radius 1 is 1.08 bits per heavy atom. The second-order valence-electron chi connectivity index (χ2n) is 4.93. The van der Waals surface area contributed by atoms with Crippen molar-refractivity contribution in [1.29, 1.82) is 0 Å². The van der Waals surface area contributed by atoms with Gasteiger partial charge in [0.2, 0.25) is 0 Å². The predicted molar refractivity (Wildman–Crippen MR) is 79.7 cm³/mol. The molecule has 0 N–H and O–H groups in total. The fraction of sp³-hybridized carbons (Fsp3) is 0.118. The van der Waals surface area contributed by atoms with Gasteiger partial charge in [0.25, 0.3) is 0 Å². The summed E-state index contributed by atoms with van der Waals surface area (Å²) in [5.74, 6) is -0.403. The van der Waals surface area contributed by atoms with Crippen LogP contribution in [0.15, 0.2) is 52.9 Å². The zero-order chi connectivity index (χ0) is 17.3. The Morgan fingerprint density at radius 3 is 2.58 bits per heavy atom. The van der Waals surface area contributed by atoms with Crippen molar-refractivity contribution in [2.75, 3.05) is 7.11 Å². The molecule has 0 radical (unpaired) electrons. The smallest absolute Gasteiger partial charge is 0.465 e. The summed E-state index contributed by atoms with van der Waals surface area (Å²) in [4.78, 5) is 11.6. The molecule has 0 aliphatic carbocycles. The Kier molecular flexibility index (Phi) is 3.92. The van der Waals surface area contributed by atoms with Gasteiger partial charge in [0.15, 0.2) is 0 Å². The van der Waals surface area contributed by atoms with E-state index in [-0.39, 0.29) is 5.75 Å². The molecule has 24 heavy (non-hydrogen) atoms. The van der Waals surface area contributed by atoms with Gasteiger partial charge in [-0.25, -0.2) is 4.79 Å². The van der Waals surface area contributed by atoms with Crippen LogP contribution in [0.3, 0.4) is 0 Å². The Balaban J connectivity index is 1.98. The number of halogens is 3. The third-order valence-electron chi connectivity index (χ3n) is 3.29. The molecule has 3 aromatic rings. The summed E-state index contributed by atoms with van der Waals surface area (Å²) in [5, 5.41) is 0.454. The molecular weight excluding hydrogens is 325 g/mol. The van der Waals surface area contributed by atoms with Gasteiger partial charge >= 0.3 is 12.3 Å². The lowest BCUT2D eigenvalue weighted by atomic mass is 10.1. The fourth-order valence-corrected chi connectivity index (χ4v) is 2.28. The number of hydrogen-bond donors (Lipinski definition) is 0. The first-order chi connectivity index (χ1) is 11.4. The van der Waals surface area contributed by atoms with Crippen LogP contribution in [-0.4, -0.2) is 19.4 Å². The first-order valence-electron chi connectivity index (χ1n) is 6.84. The lowest BCUT2D eigenvalue weighted by Crippen LogP contribution is -2.16. The molecule has 1 aromatic heterocycles. The number of furan rings is 1. The van der Waals surface area contributed by atoms with Gasteiger partial charge in [-0.3, -0.25) is 0 Å². The SMILES string of the molecule is COC(=O)c1cccc(-c2cc3cc(OC(F)(F)F)ccc3o2)c1. The first-order valence-corrected chi connectivity index (χ1v) is 6.84. The number of carbonyl (C=O) groups is 1.